The van der Waals surface area contributed by atoms with Crippen molar-refractivity contribution in [3.8, 4) is 0 Å². The van der Waals surface area contributed by atoms with Gasteiger partial charge in [-0.1, -0.05) is 5.21 Å². The minimum absolute atomic E-state index is 0.0384. The molecule has 0 atom stereocenters. The average molecular weight is 359 g/mol. The van der Waals surface area contributed by atoms with Crippen molar-refractivity contribution in [2.24, 2.45) is 0 Å². The fourth-order valence-corrected chi connectivity index (χ4v) is 3.00. The van der Waals surface area contributed by atoms with Gasteiger partial charge in [-0.3, -0.25) is 4.79 Å². The van der Waals surface area contributed by atoms with Gasteiger partial charge in [-0.05, 0) is 22.0 Å². The summed E-state index contributed by atoms with van der Waals surface area (Å²) < 4.78 is 2.20. The maximum Gasteiger partial charge on any atom is 0.358 e. The van der Waals surface area contributed by atoms with Crippen LogP contribution in [0, 0.1) is 0 Å². The maximum atomic E-state index is 12.0. The lowest BCUT2D eigenvalue weighted by Crippen LogP contribution is -2.29. The first-order chi connectivity index (χ1) is 9.45. The summed E-state index contributed by atoms with van der Waals surface area (Å²) in [6, 6.07) is 1.95. The Morgan fingerprint density at radius 2 is 2.30 bits per heavy atom. The molecule has 2 aromatic rings. The van der Waals surface area contributed by atoms with E-state index >= 15 is 0 Å². The predicted molar refractivity (Wildman–Crippen MR) is 75.5 cm³/mol. The molecule has 0 fully saturated rings. The van der Waals surface area contributed by atoms with Crippen molar-refractivity contribution in [2.75, 3.05) is 7.05 Å². The Bertz CT molecular complexity index is 639. The number of likely N-dealkylation sites (N-methyl/N-ethyl adjacent to an activating group) is 1. The van der Waals surface area contributed by atoms with Crippen LogP contribution in [0.1, 0.15) is 15.4 Å². The van der Waals surface area contributed by atoms with Crippen LogP contribution in [0.25, 0.3) is 0 Å². The van der Waals surface area contributed by atoms with Crippen LogP contribution in [0.4, 0.5) is 0 Å². The van der Waals surface area contributed by atoms with Crippen LogP contribution in [0.5, 0.6) is 0 Å². The number of hydrogen-bond donors (Lipinski definition) is 1. The van der Waals surface area contributed by atoms with E-state index in [1.807, 2.05) is 11.4 Å². The molecule has 0 spiro atoms. The molecule has 0 saturated heterocycles. The summed E-state index contributed by atoms with van der Waals surface area (Å²) in [7, 11) is 1.69. The number of thiophene rings is 1. The quantitative estimate of drug-likeness (QED) is 0.873. The molecule has 0 aliphatic heterocycles. The second kappa shape index (κ2) is 6.14. The van der Waals surface area contributed by atoms with Gasteiger partial charge in [-0.15, -0.1) is 16.4 Å². The van der Waals surface area contributed by atoms with Gasteiger partial charge in [0.2, 0.25) is 5.91 Å². The Morgan fingerprint density at radius 1 is 1.55 bits per heavy atom. The second-order valence-corrected chi connectivity index (χ2v) is 6.00. The number of nitrogens with zero attached hydrogens (tertiary/aromatic N) is 4. The molecule has 2 rings (SSSR count). The van der Waals surface area contributed by atoms with Crippen molar-refractivity contribution in [1.82, 2.24) is 19.9 Å². The van der Waals surface area contributed by atoms with E-state index in [2.05, 4.69) is 26.2 Å². The van der Waals surface area contributed by atoms with Crippen LogP contribution in [0.3, 0.4) is 0 Å². The summed E-state index contributed by atoms with van der Waals surface area (Å²) in [4.78, 5) is 25.3. The Morgan fingerprint density at radius 3 is 2.85 bits per heavy atom. The van der Waals surface area contributed by atoms with Gasteiger partial charge in [0.1, 0.15) is 6.54 Å². The molecule has 0 aliphatic rings. The zero-order valence-electron chi connectivity index (χ0n) is 10.5. The number of halogens is 1. The molecule has 106 valence electrons. The third-order valence-corrected chi connectivity index (χ3v) is 4.18. The molecule has 20 heavy (non-hydrogen) atoms. The fraction of sp³-hybridized carbons (Fsp3) is 0.273. The van der Waals surface area contributed by atoms with Crippen LogP contribution in [0.15, 0.2) is 22.1 Å². The Labute approximate surface area is 126 Å². The first kappa shape index (κ1) is 14.7. The lowest BCUT2D eigenvalue weighted by Gasteiger charge is -2.15. The highest BCUT2D eigenvalue weighted by Gasteiger charge is 2.14. The van der Waals surface area contributed by atoms with E-state index in [0.717, 1.165) is 9.35 Å². The standard InChI is InChI=1S/C11H11BrN4O3S/c1-15(3-8-2-7(12)6-20-8)10(17)5-16-4-9(11(18)19)13-14-16/h2,4,6H,3,5H2,1H3,(H,18,19). The van der Waals surface area contributed by atoms with Gasteiger partial charge in [0.25, 0.3) is 0 Å². The molecule has 1 N–H and O–H groups in total. The third kappa shape index (κ3) is 3.64. The van der Waals surface area contributed by atoms with E-state index in [0.29, 0.717) is 6.54 Å². The maximum absolute atomic E-state index is 12.0. The lowest BCUT2D eigenvalue weighted by atomic mass is 10.4. The van der Waals surface area contributed by atoms with Gasteiger partial charge in [-0.2, -0.15) is 0 Å². The SMILES string of the molecule is CN(Cc1cc(Br)cs1)C(=O)Cn1cc(C(=O)O)nn1. The zero-order chi connectivity index (χ0) is 14.7. The van der Waals surface area contributed by atoms with Crippen LogP contribution in [0.2, 0.25) is 0 Å². The van der Waals surface area contributed by atoms with E-state index in [1.165, 1.54) is 10.9 Å². The average Bonchev–Trinajstić information content (AvgIpc) is 2.98. The van der Waals surface area contributed by atoms with Crippen LogP contribution < -0.4 is 0 Å². The Kier molecular flexibility index (Phi) is 4.50. The van der Waals surface area contributed by atoms with Gasteiger partial charge in [0.15, 0.2) is 5.69 Å². The molecule has 0 unspecified atom stereocenters. The van der Waals surface area contributed by atoms with E-state index in [-0.39, 0.29) is 18.1 Å². The predicted octanol–water partition coefficient (Wildman–Crippen LogP) is 1.46. The van der Waals surface area contributed by atoms with Crippen LogP contribution in [-0.2, 0) is 17.9 Å². The van der Waals surface area contributed by atoms with Gasteiger partial charge in [0.05, 0.1) is 12.7 Å². The first-order valence-corrected chi connectivity index (χ1v) is 7.23. The summed E-state index contributed by atoms with van der Waals surface area (Å²) in [5.74, 6) is -1.34. The van der Waals surface area contributed by atoms with Crippen molar-refractivity contribution >= 4 is 39.1 Å². The molecule has 1 amide bonds. The molecule has 7 nitrogen and oxygen atoms in total. The normalized spacial score (nSPS) is 10.5. The monoisotopic (exact) mass is 358 g/mol. The number of rotatable bonds is 5. The van der Waals surface area contributed by atoms with Crippen molar-refractivity contribution in [1.29, 1.82) is 0 Å². The van der Waals surface area contributed by atoms with E-state index in [1.54, 1.807) is 23.3 Å². The van der Waals surface area contributed by atoms with E-state index in [9.17, 15) is 9.59 Å². The van der Waals surface area contributed by atoms with E-state index in [4.69, 9.17) is 5.11 Å². The number of carboxylic acids is 1. The topological polar surface area (TPSA) is 88.3 Å². The number of aromatic nitrogens is 3. The van der Waals surface area contributed by atoms with Gasteiger partial charge in [-0.25, -0.2) is 9.48 Å². The number of aromatic carboxylic acids is 1. The number of hydrogen-bond acceptors (Lipinski definition) is 5. The number of carboxylic acid groups (broad SMARTS) is 1. The third-order valence-electron chi connectivity index (χ3n) is 2.50. The number of carbonyl (C=O) groups excluding carboxylic acids is 1. The summed E-state index contributed by atoms with van der Waals surface area (Å²) in [5, 5.41) is 17.7. The number of carbonyl (C=O) groups is 2. The summed E-state index contributed by atoms with van der Waals surface area (Å²) >= 11 is 4.91. The van der Waals surface area contributed by atoms with Crippen molar-refractivity contribution in [2.45, 2.75) is 13.1 Å². The highest BCUT2D eigenvalue weighted by Crippen LogP contribution is 2.20. The highest BCUT2D eigenvalue weighted by molar-refractivity contribution is 9.10. The number of amides is 1. The van der Waals surface area contributed by atoms with Crippen molar-refractivity contribution < 1.29 is 14.7 Å². The van der Waals surface area contributed by atoms with Crippen LogP contribution >= 0.6 is 27.3 Å². The molecule has 0 radical (unpaired) electrons. The smallest absolute Gasteiger partial charge is 0.358 e. The van der Waals surface area contributed by atoms with Crippen LogP contribution in [-0.4, -0.2) is 43.9 Å². The minimum Gasteiger partial charge on any atom is -0.476 e. The highest BCUT2D eigenvalue weighted by atomic mass is 79.9. The Balaban J connectivity index is 1.94. The molecule has 2 heterocycles. The minimum atomic E-state index is -1.17. The van der Waals surface area contributed by atoms with E-state index < -0.39 is 5.97 Å². The summed E-state index contributed by atoms with van der Waals surface area (Å²) in [6.45, 7) is 0.457. The first-order valence-electron chi connectivity index (χ1n) is 5.56. The van der Waals surface area contributed by atoms with Crippen molar-refractivity contribution in [3.63, 3.8) is 0 Å². The molecule has 0 saturated carbocycles. The van der Waals surface area contributed by atoms with Gasteiger partial charge in [0, 0.05) is 21.8 Å². The molecular weight excluding hydrogens is 348 g/mol. The zero-order valence-corrected chi connectivity index (χ0v) is 12.9. The summed E-state index contributed by atoms with van der Waals surface area (Å²) in [6.07, 6.45) is 1.23. The molecule has 2 aromatic heterocycles. The van der Waals surface area contributed by atoms with Crippen molar-refractivity contribution in [3.05, 3.63) is 32.7 Å². The molecular formula is C11H11BrN4O3S. The lowest BCUT2D eigenvalue weighted by molar-refractivity contribution is -0.131. The fourth-order valence-electron chi connectivity index (χ4n) is 1.49. The largest absolute Gasteiger partial charge is 0.476 e. The van der Waals surface area contributed by atoms with Gasteiger partial charge >= 0.3 is 5.97 Å². The van der Waals surface area contributed by atoms with Gasteiger partial charge < -0.3 is 10.0 Å². The second-order valence-electron chi connectivity index (χ2n) is 4.09. The summed E-state index contributed by atoms with van der Waals surface area (Å²) in [5.41, 5.74) is -0.178. The molecule has 0 aromatic carbocycles. The molecule has 9 heteroatoms. The Hall–Kier alpha value is -1.74. The molecule has 0 bridgehead atoms. The molecule has 0 aliphatic carbocycles.